The number of para-hydroxylation sites is 1. The largest absolute Gasteiger partial charge is 0.482 e. The van der Waals surface area contributed by atoms with E-state index in [0.717, 1.165) is 0 Å². The van der Waals surface area contributed by atoms with E-state index < -0.39 is 0 Å². The van der Waals surface area contributed by atoms with Crippen molar-refractivity contribution in [3.63, 3.8) is 0 Å². The molecule has 26 heavy (non-hydrogen) atoms. The van der Waals surface area contributed by atoms with Gasteiger partial charge in [0.15, 0.2) is 6.61 Å². The smallest absolute Gasteiger partial charge is 0.262 e. The summed E-state index contributed by atoms with van der Waals surface area (Å²) in [6.07, 6.45) is 0. The highest BCUT2D eigenvalue weighted by atomic mass is 35.5. The molecular formula is C19H16ClN3O3. The molecule has 0 aliphatic heterocycles. The van der Waals surface area contributed by atoms with Crippen LogP contribution in [0.25, 0.3) is 11.4 Å². The van der Waals surface area contributed by atoms with Crippen LogP contribution in [-0.2, 0) is 4.79 Å². The molecular weight excluding hydrogens is 354 g/mol. The van der Waals surface area contributed by atoms with E-state index in [9.17, 15) is 9.59 Å². The number of amides is 1. The third-order valence-electron chi connectivity index (χ3n) is 3.48. The summed E-state index contributed by atoms with van der Waals surface area (Å²) < 4.78 is 5.41. The van der Waals surface area contributed by atoms with Gasteiger partial charge >= 0.3 is 0 Å². The van der Waals surface area contributed by atoms with Gasteiger partial charge in [-0.2, -0.15) is 0 Å². The fraction of sp³-hybridized carbons (Fsp3) is 0.105. The van der Waals surface area contributed by atoms with Crippen molar-refractivity contribution < 1.29 is 9.53 Å². The number of aromatic nitrogens is 2. The van der Waals surface area contributed by atoms with E-state index in [4.69, 9.17) is 16.3 Å². The van der Waals surface area contributed by atoms with Gasteiger partial charge in [0.1, 0.15) is 11.6 Å². The number of benzene rings is 2. The average Bonchev–Trinajstić information content (AvgIpc) is 2.60. The van der Waals surface area contributed by atoms with Crippen molar-refractivity contribution in [2.24, 2.45) is 0 Å². The van der Waals surface area contributed by atoms with Crippen molar-refractivity contribution in [2.45, 2.75) is 6.92 Å². The van der Waals surface area contributed by atoms with Gasteiger partial charge in [-0.25, -0.2) is 4.98 Å². The summed E-state index contributed by atoms with van der Waals surface area (Å²) in [5, 5.41) is 3.19. The molecule has 0 aliphatic carbocycles. The van der Waals surface area contributed by atoms with Crippen LogP contribution >= 0.6 is 11.6 Å². The molecule has 0 aliphatic rings. The number of aromatic amines is 1. The first-order valence-corrected chi connectivity index (χ1v) is 8.24. The molecule has 3 aromatic rings. The molecule has 0 bridgehead atoms. The number of carbonyl (C=O) groups is 1. The summed E-state index contributed by atoms with van der Waals surface area (Å²) in [6, 6.07) is 15.4. The second-order valence-corrected chi connectivity index (χ2v) is 5.99. The number of nitrogens with zero attached hydrogens (tertiary/aromatic N) is 1. The number of aryl methyl sites for hydroxylation is 1. The van der Waals surface area contributed by atoms with Crippen LogP contribution in [0.4, 0.5) is 5.69 Å². The minimum Gasteiger partial charge on any atom is -0.482 e. The molecule has 0 spiro atoms. The Morgan fingerprint density at radius 1 is 1.19 bits per heavy atom. The minimum absolute atomic E-state index is 0.173. The van der Waals surface area contributed by atoms with Crippen LogP contribution in [0, 0.1) is 6.92 Å². The number of carbonyl (C=O) groups excluding carboxylic acids is 1. The van der Waals surface area contributed by atoms with Crippen molar-refractivity contribution >= 4 is 23.2 Å². The molecule has 3 rings (SSSR count). The lowest BCUT2D eigenvalue weighted by atomic mass is 10.2. The normalized spacial score (nSPS) is 10.4. The van der Waals surface area contributed by atoms with Gasteiger partial charge < -0.3 is 15.0 Å². The Morgan fingerprint density at radius 3 is 2.77 bits per heavy atom. The fourth-order valence-corrected chi connectivity index (χ4v) is 2.55. The van der Waals surface area contributed by atoms with Gasteiger partial charge in [-0.15, -0.1) is 0 Å². The fourth-order valence-electron chi connectivity index (χ4n) is 2.36. The lowest BCUT2D eigenvalue weighted by molar-refractivity contribution is -0.118. The minimum atomic E-state index is -0.326. The molecule has 0 unspecified atom stereocenters. The number of hydrogen-bond donors (Lipinski definition) is 2. The van der Waals surface area contributed by atoms with E-state index in [2.05, 4.69) is 15.3 Å². The highest BCUT2D eigenvalue weighted by Crippen LogP contribution is 2.23. The first-order valence-electron chi connectivity index (χ1n) is 7.87. The van der Waals surface area contributed by atoms with E-state index >= 15 is 0 Å². The average molecular weight is 370 g/mol. The number of rotatable bonds is 5. The van der Waals surface area contributed by atoms with E-state index in [-0.39, 0.29) is 18.1 Å². The second-order valence-electron chi connectivity index (χ2n) is 5.58. The summed E-state index contributed by atoms with van der Waals surface area (Å²) in [6.45, 7) is 1.57. The van der Waals surface area contributed by atoms with Crippen molar-refractivity contribution in [1.29, 1.82) is 0 Å². The highest BCUT2D eigenvalue weighted by molar-refractivity contribution is 6.32. The number of H-pyrrole nitrogens is 1. The maximum atomic E-state index is 12.1. The molecule has 0 radical (unpaired) electrons. The van der Waals surface area contributed by atoms with E-state index in [1.54, 1.807) is 55.5 Å². The Labute approximate surface area is 154 Å². The van der Waals surface area contributed by atoms with Crippen LogP contribution < -0.4 is 15.6 Å². The number of ether oxygens (including phenoxy) is 1. The Bertz CT molecular complexity index is 1000. The summed E-state index contributed by atoms with van der Waals surface area (Å²) in [4.78, 5) is 30.7. The lowest BCUT2D eigenvalue weighted by Crippen LogP contribution is -2.20. The quantitative estimate of drug-likeness (QED) is 0.721. The molecule has 0 saturated heterocycles. The SMILES string of the molecule is Cc1cc(=O)[nH]c(-c2cccc(NC(=O)COc3ccccc3Cl)c2)n1. The van der Waals surface area contributed by atoms with Gasteiger partial charge in [0.25, 0.3) is 11.5 Å². The van der Waals surface area contributed by atoms with E-state index in [1.807, 2.05) is 0 Å². The summed E-state index contributed by atoms with van der Waals surface area (Å²) >= 11 is 5.99. The van der Waals surface area contributed by atoms with E-state index in [0.29, 0.717) is 33.5 Å². The zero-order valence-corrected chi connectivity index (χ0v) is 14.7. The van der Waals surface area contributed by atoms with Gasteiger partial charge in [0, 0.05) is 23.0 Å². The molecule has 0 atom stereocenters. The molecule has 7 heteroatoms. The molecule has 1 aromatic heterocycles. The molecule has 1 heterocycles. The monoisotopic (exact) mass is 369 g/mol. The van der Waals surface area contributed by atoms with Gasteiger partial charge in [0.2, 0.25) is 0 Å². The number of halogens is 1. The Balaban J connectivity index is 1.69. The molecule has 2 aromatic carbocycles. The van der Waals surface area contributed by atoms with Crippen LogP contribution in [0.1, 0.15) is 5.69 Å². The zero-order chi connectivity index (χ0) is 18.5. The van der Waals surface area contributed by atoms with Crippen LogP contribution in [0.15, 0.2) is 59.4 Å². The highest BCUT2D eigenvalue weighted by Gasteiger charge is 2.08. The number of anilines is 1. The van der Waals surface area contributed by atoms with Crippen LogP contribution in [0.2, 0.25) is 5.02 Å². The van der Waals surface area contributed by atoms with Crippen LogP contribution in [0.5, 0.6) is 5.75 Å². The van der Waals surface area contributed by atoms with E-state index in [1.165, 1.54) is 6.07 Å². The predicted octanol–water partition coefficient (Wildman–Crippen LogP) is 3.42. The Hall–Kier alpha value is -3.12. The molecule has 132 valence electrons. The Kier molecular flexibility index (Phi) is 5.34. The van der Waals surface area contributed by atoms with Crippen molar-refractivity contribution in [3.8, 4) is 17.1 Å². The first-order chi connectivity index (χ1) is 12.5. The zero-order valence-electron chi connectivity index (χ0n) is 14.0. The lowest BCUT2D eigenvalue weighted by Gasteiger charge is -2.09. The van der Waals surface area contributed by atoms with Gasteiger partial charge in [-0.1, -0.05) is 35.9 Å². The van der Waals surface area contributed by atoms with Crippen molar-refractivity contribution in [1.82, 2.24) is 9.97 Å². The second kappa shape index (κ2) is 7.84. The molecule has 0 saturated carbocycles. The first kappa shape index (κ1) is 17.7. The summed E-state index contributed by atoms with van der Waals surface area (Å²) in [7, 11) is 0. The van der Waals surface area contributed by atoms with Crippen molar-refractivity contribution in [3.05, 3.63) is 75.7 Å². The van der Waals surface area contributed by atoms with Gasteiger partial charge in [-0.3, -0.25) is 9.59 Å². The van der Waals surface area contributed by atoms with Crippen molar-refractivity contribution in [2.75, 3.05) is 11.9 Å². The van der Waals surface area contributed by atoms with Gasteiger partial charge in [-0.05, 0) is 31.2 Å². The molecule has 6 nitrogen and oxygen atoms in total. The maximum Gasteiger partial charge on any atom is 0.262 e. The third-order valence-corrected chi connectivity index (χ3v) is 3.80. The summed E-state index contributed by atoms with van der Waals surface area (Å²) in [5.74, 6) is 0.561. The molecule has 0 fully saturated rings. The summed E-state index contributed by atoms with van der Waals surface area (Å²) in [5.41, 5.74) is 1.65. The maximum absolute atomic E-state index is 12.1. The standard InChI is InChI=1S/C19H16ClN3O3/c1-12-9-17(24)23-19(21-12)13-5-4-6-14(10-13)22-18(25)11-26-16-8-3-2-7-15(16)20/h2-10H,11H2,1H3,(H,22,25)(H,21,23,24). The molecule has 2 N–H and O–H groups in total. The topological polar surface area (TPSA) is 84.1 Å². The van der Waals surface area contributed by atoms with Gasteiger partial charge in [0.05, 0.1) is 5.02 Å². The Morgan fingerprint density at radius 2 is 2.00 bits per heavy atom. The number of nitrogens with one attached hydrogen (secondary N) is 2. The molecule has 1 amide bonds. The van der Waals surface area contributed by atoms with Crippen LogP contribution in [0.3, 0.4) is 0 Å². The predicted molar refractivity (Wildman–Crippen MR) is 101 cm³/mol. The third kappa shape index (κ3) is 4.49. The number of hydrogen-bond acceptors (Lipinski definition) is 4. The van der Waals surface area contributed by atoms with Crippen LogP contribution in [-0.4, -0.2) is 22.5 Å².